The molecular weight excluding hydrogens is 489 g/mol. The van der Waals surface area contributed by atoms with E-state index in [1.807, 2.05) is 0 Å². The summed E-state index contributed by atoms with van der Waals surface area (Å²) in [5.74, 6) is 0. The minimum Gasteiger partial charge on any atom is -0.726 e. The molecular formula is C24H50BeO8S2. The molecule has 11 heteroatoms. The van der Waals surface area contributed by atoms with Gasteiger partial charge < -0.3 is 9.11 Å². The average molecular weight is 540 g/mol. The fourth-order valence-corrected chi connectivity index (χ4v) is 4.14. The third-order valence-electron chi connectivity index (χ3n) is 5.45. The Morgan fingerprint density at radius 3 is 0.829 bits per heavy atom. The zero-order chi connectivity index (χ0) is 26.0. The Bertz CT molecular complexity index is 559. The van der Waals surface area contributed by atoms with Crippen LogP contribution in [0, 0.1) is 0 Å². The van der Waals surface area contributed by atoms with Gasteiger partial charge in [-0.15, -0.1) is 0 Å². The summed E-state index contributed by atoms with van der Waals surface area (Å²) in [5, 5.41) is 0. The molecule has 0 fully saturated rings. The maximum absolute atomic E-state index is 10.1. The Morgan fingerprint density at radius 2 is 0.629 bits per heavy atom. The van der Waals surface area contributed by atoms with Crippen molar-refractivity contribution in [3.05, 3.63) is 0 Å². The van der Waals surface area contributed by atoms with E-state index in [1.54, 1.807) is 0 Å². The quantitative estimate of drug-likeness (QED) is 0.0596. The van der Waals surface area contributed by atoms with Gasteiger partial charge in [0.05, 0.1) is 13.2 Å². The molecule has 0 amide bonds. The number of hydrogen-bond acceptors (Lipinski definition) is 8. The molecule has 0 aromatic carbocycles. The molecule has 208 valence electrons. The Morgan fingerprint density at radius 1 is 0.429 bits per heavy atom. The van der Waals surface area contributed by atoms with Crippen molar-refractivity contribution in [2.24, 2.45) is 0 Å². The van der Waals surface area contributed by atoms with E-state index >= 15 is 0 Å². The third-order valence-corrected chi connectivity index (χ3v) is 6.36. The van der Waals surface area contributed by atoms with Gasteiger partial charge in [0.1, 0.15) is 0 Å². The monoisotopic (exact) mass is 539 g/mol. The summed E-state index contributed by atoms with van der Waals surface area (Å²) in [6, 6.07) is 0. The summed E-state index contributed by atoms with van der Waals surface area (Å²) in [6.45, 7) is 4.49. The summed E-state index contributed by atoms with van der Waals surface area (Å²) in [7, 11) is -8.97. The average Bonchev–Trinajstić information content (AvgIpc) is 2.75. The first kappa shape index (κ1) is 39.4. The zero-order valence-electron chi connectivity index (χ0n) is 22.3. The minimum absolute atomic E-state index is 0. The maximum atomic E-state index is 10.1. The molecule has 35 heavy (non-hydrogen) atoms. The second-order valence-electron chi connectivity index (χ2n) is 8.82. The summed E-state index contributed by atoms with van der Waals surface area (Å²) in [6.07, 6.45) is 23.4. The maximum Gasteiger partial charge on any atom is 2.00 e. The molecule has 0 aromatic heterocycles. The number of hydrogen-bond donors (Lipinski definition) is 0. The number of unbranched alkanes of at least 4 members (excludes halogenated alkanes) is 18. The van der Waals surface area contributed by atoms with Crippen LogP contribution >= 0.6 is 0 Å². The third kappa shape index (κ3) is 44.3. The fraction of sp³-hybridized carbons (Fsp3) is 1.00. The molecule has 8 nitrogen and oxygen atoms in total. The van der Waals surface area contributed by atoms with Crippen molar-refractivity contribution in [3.8, 4) is 0 Å². The van der Waals surface area contributed by atoms with Gasteiger partial charge >= 0.3 is 10.1 Å². The van der Waals surface area contributed by atoms with Crippen LogP contribution in [0.4, 0.5) is 0 Å². The molecule has 0 atom stereocenters. The summed E-state index contributed by atoms with van der Waals surface area (Å²) < 4.78 is 68.9. The smallest absolute Gasteiger partial charge is 0.726 e. The topological polar surface area (TPSA) is 133 Å². The SMILES string of the molecule is CCCCCCCCCCCCOS(=O)(=O)[O-].CCCCCCCCCCCCOS(=O)(=O)[O-].[Be+2]. The van der Waals surface area contributed by atoms with Crippen LogP contribution in [-0.2, 0) is 29.2 Å². The summed E-state index contributed by atoms with van der Waals surface area (Å²) in [4.78, 5) is 0. The first-order chi connectivity index (χ1) is 16.1. The molecule has 0 unspecified atom stereocenters. The van der Waals surface area contributed by atoms with Crippen LogP contribution in [0.2, 0.25) is 0 Å². The van der Waals surface area contributed by atoms with E-state index in [4.69, 9.17) is 0 Å². The van der Waals surface area contributed by atoms with Gasteiger partial charge in [-0.2, -0.15) is 0 Å². The van der Waals surface area contributed by atoms with Gasteiger partial charge in [-0.3, -0.25) is 8.37 Å². The first-order valence-electron chi connectivity index (χ1n) is 13.3. The van der Waals surface area contributed by atoms with Crippen molar-refractivity contribution in [1.82, 2.24) is 0 Å². The summed E-state index contributed by atoms with van der Waals surface area (Å²) in [5.41, 5.74) is 0. The van der Waals surface area contributed by atoms with Gasteiger partial charge in [-0.25, -0.2) is 16.8 Å². The molecule has 0 aliphatic rings. The van der Waals surface area contributed by atoms with Gasteiger partial charge in [0.15, 0.2) is 0 Å². The van der Waals surface area contributed by atoms with Crippen LogP contribution in [0.25, 0.3) is 0 Å². The van der Waals surface area contributed by atoms with Gasteiger partial charge in [-0.1, -0.05) is 129 Å². The standard InChI is InChI=1S/2C12H26O4S.Be/c2*1-2-3-4-5-6-7-8-9-10-11-12-16-17(13,14)15;/h2*2-12H2,1H3,(H,13,14,15);/q;;+2/p-2. The molecule has 0 aromatic rings. The normalized spacial score (nSPS) is 11.5. The first-order valence-corrected chi connectivity index (χ1v) is 16.0. The van der Waals surface area contributed by atoms with E-state index in [1.165, 1.54) is 89.9 Å². The molecule has 0 spiro atoms. The van der Waals surface area contributed by atoms with E-state index in [0.29, 0.717) is 12.8 Å². The molecule has 0 heterocycles. The Labute approximate surface area is 220 Å². The van der Waals surface area contributed by atoms with E-state index in [2.05, 4.69) is 22.2 Å². The predicted molar refractivity (Wildman–Crippen MR) is 141 cm³/mol. The fourth-order valence-electron chi connectivity index (χ4n) is 3.50. The molecule has 0 rings (SSSR count). The van der Waals surface area contributed by atoms with Crippen molar-refractivity contribution < 1.29 is 34.3 Å². The van der Waals surface area contributed by atoms with Crippen LogP contribution in [0.3, 0.4) is 0 Å². The van der Waals surface area contributed by atoms with Crippen LogP contribution in [0.1, 0.15) is 142 Å². The van der Waals surface area contributed by atoms with Gasteiger partial charge in [0.2, 0.25) is 20.8 Å². The molecule has 0 bridgehead atoms. The minimum atomic E-state index is -4.48. The van der Waals surface area contributed by atoms with E-state index in [-0.39, 0.29) is 23.3 Å². The van der Waals surface area contributed by atoms with Crippen molar-refractivity contribution in [2.75, 3.05) is 13.2 Å². The van der Waals surface area contributed by atoms with Crippen LogP contribution in [0.15, 0.2) is 0 Å². The largest absolute Gasteiger partial charge is 2.00 e. The molecule has 0 saturated carbocycles. The van der Waals surface area contributed by atoms with E-state index < -0.39 is 20.8 Å². The van der Waals surface area contributed by atoms with Crippen LogP contribution in [0.5, 0.6) is 0 Å². The Balaban J connectivity index is -0.000000569. The molecule has 0 N–H and O–H groups in total. The van der Waals surface area contributed by atoms with E-state index in [0.717, 1.165) is 25.7 Å². The molecule has 0 saturated heterocycles. The Hall–Kier alpha value is -0.0912. The van der Waals surface area contributed by atoms with Gasteiger partial charge in [-0.05, 0) is 12.8 Å². The second-order valence-corrected chi connectivity index (χ2v) is 10.9. The van der Waals surface area contributed by atoms with Crippen molar-refractivity contribution in [3.63, 3.8) is 0 Å². The van der Waals surface area contributed by atoms with Crippen LogP contribution in [-0.4, -0.2) is 49.3 Å². The van der Waals surface area contributed by atoms with Crippen molar-refractivity contribution >= 4 is 30.9 Å². The van der Waals surface area contributed by atoms with Gasteiger partial charge in [0.25, 0.3) is 0 Å². The second kappa shape index (κ2) is 28.5. The molecule has 0 radical (unpaired) electrons. The Kier molecular flexibility index (Phi) is 32.1. The molecule has 0 aliphatic heterocycles. The zero-order valence-corrected chi connectivity index (χ0v) is 24.0. The van der Waals surface area contributed by atoms with Crippen molar-refractivity contribution in [1.29, 1.82) is 0 Å². The van der Waals surface area contributed by atoms with Crippen molar-refractivity contribution in [2.45, 2.75) is 142 Å². The van der Waals surface area contributed by atoms with E-state index in [9.17, 15) is 25.9 Å². The van der Waals surface area contributed by atoms with Crippen LogP contribution < -0.4 is 0 Å². The van der Waals surface area contributed by atoms with Gasteiger partial charge in [0, 0.05) is 0 Å². The summed E-state index contributed by atoms with van der Waals surface area (Å²) >= 11 is 0. The molecule has 0 aliphatic carbocycles. The number of rotatable bonds is 24. The predicted octanol–water partition coefficient (Wildman–Crippen LogP) is 6.39.